The Balaban J connectivity index is 4.30. The highest BCUT2D eigenvalue weighted by Crippen LogP contribution is 2.21. The Kier molecular flexibility index (Phi) is 27.7. The molecule has 0 fully saturated rings. The zero-order chi connectivity index (χ0) is 29.0. The summed E-state index contributed by atoms with van der Waals surface area (Å²) in [6.07, 6.45) is 26.5. The molecular weight excluding hydrogens is 480 g/mol. The van der Waals surface area contributed by atoms with Gasteiger partial charge in [-0.25, -0.2) is 0 Å². The molecule has 0 saturated heterocycles. The molecule has 1 unspecified atom stereocenters. The average molecular weight is 551 g/mol. The summed E-state index contributed by atoms with van der Waals surface area (Å²) < 4.78 is 0. The molecule has 4 nitrogen and oxygen atoms in total. The highest BCUT2D eigenvalue weighted by atomic mass is 16.2. The Hall–Kier alpha value is -1.06. The van der Waals surface area contributed by atoms with Crippen LogP contribution in [0, 0.1) is 5.92 Å². The van der Waals surface area contributed by atoms with Crippen LogP contribution < -0.4 is 0 Å². The van der Waals surface area contributed by atoms with Crippen LogP contribution in [0.4, 0.5) is 0 Å². The van der Waals surface area contributed by atoms with Gasteiger partial charge < -0.3 is 9.80 Å². The summed E-state index contributed by atoms with van der Waals surface area (Å²) in [6, 6.07) is 0. The smallest absolute Gasteiger partial charge is 0.222 e. The van der Waals surface area contributed by atoms with Gasteiger partial charge in [0.2, 0.25) is 11.8 Å². The lowest BCUT2D eigenvalue weighted by Gasteiger charge is -2.24. The first-order valence-corrected chi connectivity index (χ1v) is 17.6. The maximum Gasteiger partial charge on any atom is 0.222 e. The number of rotatable bonds is 29. The second-order valence-corrected chi connectivity index (χ2v) is 12.1. The number of nitrogens with zero attached hydrogens (tertiary/aromatic N) is 2. The van der Waals surface area contributed by atoms with Crippen LogP contribution in [-0.2, 0) is 9.59 Å². The maximum atomic E-state index is 13.0. The van der Waals surface area contributed by atoms with E-state index in [-0.39, 0.29) is 0 Å². The lowest BCUT2D eigenvalue weighted by molar-refractivity contribution is -0.132. The summed E-state index contributed by atoms with van der Waals surface area (Å²) in [5, 5.41) is 0. The third-order valence-electron chi connectivity index (χ3n) is 8.43. The van der Waals surface area contributed by atoms with Crippen LogP contribution >= 0.6 is 0 Å². The molecule has 4 heteroatoms. The van der Waals surface area contributed by atoms with E-state index >= 15 is 0 Å². The van der Waals surface area contributed by atoms with E-state index in [0.717, 1.165) is 84.0 Å². The molecule has 0 aromatic carbocycles. The molecule has 0 saturated carbocycles. The van der Waals surface area contributed by atoms with Crippen LogP contribution in [0.2, 0.25) is 0 Å². The molecule has 0 N–H and O–H groups in total. The molecule has 0 aliphatic rings. The quantitative estimate of drug-likeness (QED) is 0.0869. The maximum absolute atomic E-state index is 13.0. The van der Waals surface area contributed by atoms with Gasteiger partial charge in [-0.3, -0.25) is 9.59 Å². The van der Waals surface area contributed by atoms with Gasteiger partial charge >= 0.3 is 0 Å². The van der Waals surface area contributed by atoms with Crippen LogP contribution in [0.1, 0.15) is 182 Å². The van der Waals surface area contributed by atoms with Gasteiger partial charge in [-0.15, -0.1) is 0 Å². The molecule has 0 aliphatic carbocycles. The van der Waals surface area contributed by atoms with Gasteiger partial charge in [-0.1, -0.05) is 131 Å². The fourth-order valence-corrected chi connectivity index (χ4v) is 5.55. The van der Waals surface area contributed by atoms with Crippen molar-refractivity contribution in [2.24, 2.45) is 5.92 Å². The van der Waals surface area contributed by atoms with Gasteiger partial charge in [0, 0.05) is 39.0 Å². The molecule has 0 rings (SSSR count). The second kappa shape index (κ2) is 28.5. The van der Waals surface area contributed by atoms with Crippen LogP contribution in [0.15, 0.2) is 0 Å². The minimum Gasteiger partial charge on any atom is -0.343 e. The van der Waals surface area contributed by atoms with Crippen molar-refractivity contribution in [1.82, 2.24) is 9.80 Å². The molecule has 0 aromatic rings. The van der Waals surface area contributed by atoms with E-state index in [1.807, 2.05) is 0 Å². The predicted octanol–water partition coefficient (Wildman–Crippen LogP) is 10.3. The van der Waals surface area contributed by atoms with Crippen LogP contribution in [0.3, 0.4) is 0 Å². The number of carbonyl (C=O) groups is 2. The van der Waals surface area contributed by atoms with Crippen molar-refractivity contribution in [2.45, 2.75) is 182 Å². The number of amides is 2. The largest absolute Gasteiger partial charge is 0.343 e. The number of hydrogen-bond donors (Lipinski definition) is 0. The predicted molar refractivity (Wildman–Crippen MR) is 171 cm³/mol. The van der Waals surface area contributed by atoms with Crippen LogP contribution in [0.25, 0.3) is 0 Å². The van der Waals surface area contributed by atoms with Gasteiger partial charge in [0.15, 0.2) is 0 Å². The van der Waals surface area contributed by atoms with E-state index in [0.29, 0.717) is 17.7 Å². The van der Waals surface area contributed by atoms with Crippen molar-refractivity contribution in [3.63, 3.8) is 0 Å². The number of unbranched alkanes of at least 4 members (excludes halogenated alkanes) is 13. The summed E-state index contributed by atoms with van der Waals surface area (Å²) in [5.41, 5.74) is 0. The normalized spacial score (nSPS) is 12.0. The Morgan fingerprint density at radius 2 is 0.821 bits per heavy atom. The Labute approximate surface area is 245 Å². The summed E-state index contributed by atoms with van der Waals surface area (Å²) in [7, 11) is 0. The molecule has 0 heterocycles. The highest BCUT2D eigenvalue weighted by Gasteiger charge is 2.16. The highest BCUT2D eigenvalue weighted by molar-refractivity contribution is 5.76. The molecule has 0 aliphatic heterocycles. The van der Waals surface area contributed by atoms with E-state index in [1.54, 1.807) is 0 Å². The average Bonchev–Trinajstić information content (AvgIpc) is 2.94. The van der Waals surface area contributed by atoms with Gasteiger partial charge in [0.05, 0.1) is 0 Å². The molecule has 0 radical (unpaired) electrons. The monoisotopic (exact) mass is 551 g/mol. The molecular formula is C35H70N2O2. The van der Waals surface area contributed by atoms with E-state index in [4.69, 9.17) is 0 Å². The Morgan fingerprint density at radius 3 is 1.28 bits per heavy atom. The third kappa shape index (κ3) is 22.3. The van der Waals surface area contributed by atoms with Crippen molar-refractivity contribution < 1.29 is 9.59 Å². The van der Waals surface area contributed by atoms with Gasteiger partial charge in [-0.05, 0) is 44.4 Å². The first-order valence-electron chi connectivity index (χ1n) is 17.6. The summed E-state index contributed by atoms with van der Waals surface area (Å²) >= 11 is 0. The molecule has 0 bridgehead atoms. The molecule has 0 aromatic heterocycles. The molecule has 232 valence electrons. The molecule has 2 amide bonds. The van der Waals surface area contributed by atoms with Gasteiger partial charge in [0.25, 0.3) is 0 Å². The van der Waals surface area contributed by atoms with Crippen molar-refractivity contribution in [3.8, 4) is 0 Å². The van der Waals surface area contributed by atoms with Crippen LogP contribution in [0.5, 0.6) is 0 Å². The lowest BCUT2D eigenvalue weighted by Crippen LogP contribution is -2.33. The lowest BCUT2D eigenvalue weighted by atomic mass is 9.93. The Bertz CT molecular complexity index is 551. The summed E-state index contributed by atoms with van der Waals surface area (Å²) in [6.45, 7) is 15.0. The fourth-order valence-electron chi connectivity index (χ4n) is 5.55. The SMILES string of the molecule is CCCCCCN(CCCCC)C(=O)CCCCCCC(CC)CCC(=O)N(CCCCC)CCCCCC. The van der Waals surface area contributed by atoms with Crippen LogP contribution in [-0.4, -0.2) is 47.8 Å². The van der Waals surface area contributed by atoms with Gasteiger partial charge in [-0.2, -0.15) is 0 Å². The summed E-state index contributed by atoms with van der Waals surface area (Å²) in [5.74, 6) is 1.42. The minimum absolute atomic E-state index is 0.380. The van der Waals surface area contributed by atoms with E-state index in [1.165, 1.54) is 89.9 Å². The van der Waals surface area contributed by atoms with Crippen molar-refractivity contribution in [3.05, 3.63) is 0 Å². The third-order valence-corrected chi connectivity index (χ3v) is 8.43. The minimum atomic E-state index is 0.380. The van der Waals surface area contributed by atoms with Crippen molar-refractivity contribution in [2.75, 3.05) is 26.2 Å². The second-order valence-electron chi connectivity index (χ2n) is 12.1. The fraction of sp³-hybridized carbons (Fsp3) is 0.943. The van der Waals surface area contributed by atoms with E-state index < -0.39 is 0 Å². The summed E-state index contributed by atoms with van der Waals surface area (Å²) in [4.78, 5) is 30.2. The molecule has 1 atom stereocenters. The zero-order valence-electron chi connectivity index (χ0n) is 27.4. The zero-order valence-corrected chi connectivity index (χ0v) is 27.4. The van der Waals surface area contributed by atoms with Crippen molar-refractivity contribution in [1.29, 1.82) is 0 Å². The Morgan fingerprint density at radius 1 is 0.436 bits per heavy atom. The first kappa shape index (κ1) is 37.9. The van der Waals surface area contributed by atoms with E-state index in [2.05, 4.69) is 44.4 Å². The van der Waals surface area contributed by atoms with E-state index in [9.17, 15) is 9.59 Å². The molecule has 0 spiro atoms. The first-order chi connectivity index (χ1) is 19.0. The standard InChI is InChI=1S/C35H70N2O2/c1-6-11-15-23-31-36(29-21-13-8-3)34(38)26-20-18-17-19-25-33(10-5)27-28-35(39)37(30-22-14-9-4)32-24-16-12-7-2/h33H,6-32H2,1-5H3. The number of carbonyl (C=O) groups excluding carboxylic acids is 2. The topological polar surface area (TPSA) is 40.6 Å². The van der Waals surface area contributed by atoms with Crippen molar-refractivity contribution >= 4 is 11.8 Å². The van der Waals surface area contributed by atoms with Gasteiger partial charge in [0.1, 0.15) is 0 Å². The number of hydrogen-bond acceptors (Lipinski definition) is 2. The molecule has 39 heavy (non-hydrogen) atoms.